The van der Waals surface area contributed by atoms with Gasteiger partial charge in [0.05, 0.1) is 17.3 Å². The third-order valence-corrected chi connectivity index (χ3v) is 5.00. The first-order chi connectivity index (χ1) is 13.6. The molecule has 1 saturated carbocycles. The lowest BCUT2D eigenvalue weighted by Gasteiger charge is -2.21. The highest BCUT2D eigenvalue weighted by Crippen LogP contribution is 2.39. The van der Waals surface area contributed by atoms with Crippen LogP contribution in [0, 0.1) is 5.92 Å². The second-order valence-electron chi connectivity index (χ2n) is 6.99. The van der Waals surface area contributed by atoms with Crippen LogP contribution in [0.25, 0.3) is 22.0 Å². The Morgan fingerprint density at radius 3 is 3.04 bits per heavy atom. The number of hydrogen-bond acceptors (Lipinski definition) is 6. The number of carbonyl (C=O) groups excluding carboxylic acids is 1. The van der Waals surface area contributed by atoms with E-state index < -0.39 is 12.1 Å². The van der Waals surface area contributed by atoms with E-state index in [1.807, 2.05) is 24.3 Å². The molecule has 3 aromatic rings. The molecule has 142 valence electrons. The van der Waals surface area contributed by atoms with E-state index in [0.717, 1.165) is 28.9 Å². The predicted molar refractivity (Wildman–Crippen MR) is 105 cm³/mol. The van der Waals surface area contributed by atoms with Gasteiger partial charge in [-0.1, -0.05) is 6.07 Å². The molecule has 2 aliphatic rings. The minimum absolute atomic E-state index is 0.271. The van der Waals surface area contributed by atoms with Crippen LogP contribution in [-0.4, -0.2) is 35.2 Å². The Morgan fingerprint density at radius 2 is 2.21 bits per heavy atom. The minimum Gasteiger partial charge on any atom is -0.489 e. The van der Waals surface area contributed by atoms with Crippen molar-refractivity contribution in [2.45, 2.75) is 12.6 Å². The van der Waals surface area contributed by atoms with Crippen LogP contribution in [0.4, 0.5) is 21.7 Å². The number of carbonyl (C=O) groups is 1. The number of nitrogens with two attached hydrogens (primary N) is 1. The van der Waals surface area contributed by atoms with Gasteiger partial charge in [-0.3, -0.25) is 4.79 Å². The average Bonchev–Trinajstić information content (AvgIpc) is 3.44. The number of aromatic nitrogens is 2. The van der Waals surface area contributed by atoms with Gasteiger partial charge >= 0.3 is 0 Å². The summed E-state index contributed by atoms with van der Waals surface area (Å²) < 4.78 is 18.9. The van der Waals surface area contributed by atoms with Crippen molar-refractivity contribution in [2.24, 2.45) is 5.92 Å². The number of para-hydroxylation sites is 1. The maximum Gasteiger partial charge on any atom is 0.231 e. The van der Waals surface area contributed by atoms with Gasteiger partial charge in [0.25, 0.3) is 0 Å². The molecule has 0 saturated heterocycles. The maximum absolute atomic E-state index is 13.1. The third-order valence-electron chi connectivity index (χ3n) is 5.00. The number of halogens is 1. The van der Waals surface area contributed by atoms with Crippen molar-refractivity contribution < 1.29 is 13.9 Å². The highest BCUT2D eigenvalue weighted by Gasteiger charge is 2.43. The number of nitrogen functional groups attached to an aromatic ring is 1. The van der Waals surface area contributed by atoms with Gasteiger partial charge in [-0.15, -0.1) is 0 Å². The number of rotatable bonds is 3. The molecule has 1 aliphatic carbocycles. The van der Waals surface area contributed by atoms with E-state index in [0.29, 0.717) is 29.3 Å². The Bertz CT molecular complexity index is 1100. The summed E-state index contributed by atoms with van der Waals surface area (Å²) in [6.07, 6.45) is 0.785. The molecular formula is C20H18FN5O2. The predicted octanol–water partition coefficient (Wildman–Crippen LogP) is 2.98. The Kier molecular flexibility index (Phi) is 3.78. The van der Waals surface area contributed by atoms with Crippen molar-refractivity contribution in [3.8, 4) is 17.0 Å². The molecule has 1 aliphatic heterocycles. The molecule has 4 N–H and O–H groups in total. The molecule has 8 heteroatoms. The Hall–Kier alpha value is -3.42. The summed E-state index contributed by atoms with van der Waals surface area (Å²) >= 11 is 0. The van der Waals surface area contributed by atoms with E-state index in [1.54, 1.807) is 12.3 Å². The second-order valence-corrected chi connectivity index (χ2v) is 6.99. The van der Waals surface area contributed by atoms with Crippen LogP contribution in [0.2, 0.25) is 0 Å². The third kappa shape index (κ3) is 2.87. The lowest BCUT2D eigenvalue weighted by atomic mass is 10.1. The summed E-state index contributed by atoms with van der Waals surface area (Å²) in [5, 5.41) is 7.43. The molecule has 2 atom stereocenters. The Labute approximate surface area is 160 Å². The Morgan fingerprint density at radius 1 is 1.36 bits per heavy atom. The molecule has 2 aromatic heterocycles. The summed E-state index contributed by atoms with van der Waals surface area (Å²) in [6, 6.07) is 9.41. The molecule has 1 amide bonds. The largest absolute Gasteiger partial charge is 0.489 e. The quantitative estimate of drug-likeness (QED) is 0.647. The Balaban J connectivity index is 1.55. The van der Waals surface area contributed by atoms with Crippen LogP contribution < -0.4 is 21.1 Å². The van der Waals surface area contributed by atoms with Gasteiger partial charge in [-0.25, -0.2) is 14.4 Å². The summed E-state index contributed by atoms with van der Waals surface area (Å²) in [4.78, 5) is 20.7. The second kappa shape index (κ2) is 6.33. The molecule has 0 bridgehead atoms. The zero-order valence-electron chi connectivity index (χ0n) is 14.9. The fourth-order valence-corrected chi connectivity index (χ4v) is 3.41. The zero-order valence-corrected chi connectivity index (χ0v) is 14.9. The highest BCUT2D eigenvalue weighted by molar-refractivity contribution is 5.99. The summed E-state index contributed by atoms with van der Waals surface area (Å²) in [5.41, 5.74) is 8.57. The van der Waals surface area contributed by atoms with Crippen molar-refractivity contribution in [1.82, 2.24) is 9.97 Å². The van der Waals surface area contributed by atoms with Gasteiger partial charge in [-0.2, -0.15) is 0 Å². The van der Waals surface area contributed by atoms with Crippen LogP contribution in [-0.2, 0) is 4.79 Å². The number of nitrogens with zero attached hydrogens (tertiary/aromatic N) is 2. The van der Waals surface area contributed by atoms with Gasteiger partial charge in [0.2, 0.25) is 5.91 Å². The first kappa shape index (κ1) is 16.7. The summed E-state index contributed by atoms with van der Waals surface area (Å²) in [6.45, 7) is 1.32. The zero-order chi connectivity index (χ0) is 19.3. The van der Waals surface area contributed by atoms with E-state index in [1.165, 1.54) is 0 Å². The number of hydrogen-bond donors (Lipinski definition) is 3. The summed E-state index contributed by atoms with van der Waals surface area (Å²) in [5.74, 6) is 0.519. The molecule has 0 spiro atoms. The number of pyridine rings is 2. The van der Waals surface area contributed by atoms with Gasteiger partial charge in [-0.05, 0) is 36.1 Å². The molecule has 0 radical (unpaired) electrons. The topological polar surface area (TPSA) is 102 Å². The lowest BCUT2D eigenvalue weighted by molar-refractivity contribution is -0.117. The number of ether oxygens (including phenoxy) is 1. The van der Waals surface area contributed by atoms with Gasteiger partial charge in [0.1, 0.15) is 24.4 Å². The molecule has 5 rings (SSSR count). The number of amides is 1. The molecule has 0 unspecified atom stereocenters. The first-order valence-corrected chi connectivity index (χ1v) is 9.11. The van der Waals surface area contributed by atoms with Crippen LogP contribution in [0.5, 0.6) is 5.75 Å². The number of nitrogens with one attached hydrogen (secondary N) is 2. The van der Waals surface area contributed by atoms with Gasteiger partial charge < -0.3 is 21.1 Å². The van der Waals surface area contributed by atoms with E-state index >= 15 is 0 Å². The van der Waals surface area contributed by atoms with Crippen LogP contribution in [0.15, 0.2) is 36.5 Å². The molecular weight excluding hydrogens is 361 g/mol. The van der Waals surface area contributed by atoms with Crippen molar-refractivity contribution in [2.75, 3.05) is 29.5 Å². The lowest BCUT2D eigenvalue weighted by Crippen LogP contribution is -2.18. The molecule has 1 aromatic carbocycles. The van der Waals surface area contributed by atoms with Crippen LogP contribution in [0.3, 0.4) is 0 Å². The van der Waals surface area contributed by atoms with Crippen molar-refractivity contribution in [3.63, 3.8) is 0 Å². The average molecular weight is 379 g/mol. The fraction of sp³-hybridized carbons (Fsp3) is 0.250. The van der Waals surface area contributed by atoms with Crippen LogP contribution in [0.1, 0.15) is 6.42 Å². The SMILES string of the molecule is Nc1nc(-c2cccc3c2OCCN3)cc2cc(NC(=O)[C@@H]3C[C@@H]3F)ncc12. The minimum atomic E-state index is -1.05. The maximum atomic E-state index is 13.1. The molecule has 1 fully saturated rings. The van der Waals surface area contributed by atoms with Crippen LogP contribution >= 0.6 is 0 Å². The van der Waals surface area contributed by atoms with E-state index in [2.05, 4.69) is 20.6 Å². The number of alkyl halides is 1. The normalized spacial score (nSPS) is 20.0. The van der Waals surface area contributed by atoms with Gasteiger partial charge in [0, 0.05) is 23.7 Å². The van der Waals surface area contributed by atoms with Crippen molar-refractivity contribution in [3.05, 3.63) is 36.5 Å². The fourth-order valence-electron chi connectivity index (χ4n) is 3.41. The highest BCUT2D eigenvalue weighted by atomic mass is 19.1. The number of benzene rings is 1. The van der Waals surface area contributed by atoms with E-state index in [4.69, 9.17) is 10.5 Å². The van der Waals surface area contributed by atoms with Gasteiger partial charge in [0.15, 0.2) is 5.75 Å². The number of fused-ring (bicyclic) bond motifs is 2. The van der Waals surface area contributed by atoms with E-state index in [-0.39, 0.29) is 12.3 Å². The number of anilines is 3. The standard InChI is InChI=1S/C20H18FN5O2/c21-14-8-12(14)20(27)26-17-7-10-6-16(25-19(22)13(10)9-24-17)11-2-1-3-15-18(11)28-5-4-23-15/h1-3,6-7,9,12,14,23H,4-5,8H2,(H2,22,25)(H,24,26,27)/t12-,14+/m1/s1. The van der Waals surface area contributed by atoms with Crippen molar-refractivity contribution in [1.29, 1.82) is 0 Å². The van der Waals surface area contributed by atoms with Crippen molar-refractivity contribution >= 4 is 34.0 Å². The monoisotopic (exact) mass is 379 g/mol. The molecule has 3 heterocycles. The first-order valence-electron chi connectivity index (χ1n) is 9.11. The van der Waals surface area contributed by atoms with E-state index in [9.17, 15) is 9.18 Å². The molecule has 7 nitrogen and oxygen atoms in total. The smallest absolute Gasteiger partial charge is 0.231 e. The summed E-state index contributed by atoms with van der Waals surface area (Å²) in [7, 11) is 0. The molecule has 28 heavy (non-hydrogen) atoms.